The number of nitrogens with zero attached hydrogens (tertiary/aromatic N) is 2. The van der Waals surface area contributed by atoms with Crippen LogP contribution in [0.15, 0.2) is 41.6 Å². The normalized spacial score (nSPS) is 14.5. The monoisotopic (exact) mass is 314 g/mol. The Morgan fingerprint density at radius 3 is 3.18 bits per heavy atom. The standard InChI is InChI=1S/C16H18N4OS/c21-15(19-9-12-3-6-17-7-4-12)8-14-11-22-16(20-14)13-2-1-5-18-10-13/h1-3,5,10-11,17H,4,6-9H2,(H,19,21). The Morgan fingerprint density at radius 1 is 1.45 bits per heavy atom. The zero-order chi connectivity index (χ0) is 15.2. The van der Waals surface area contributed by atoms with Crippen LogP contribution in [0.4, 0.5) is 0 Å². The third-order valence-electron chi connectivity index (χ3n) is 3.47. The summed E-state index contributed by atoms with van der Waals surface area (Å²) < 4.78 is 0. The van der Waals surface area contributed by atoms with Crippen LogP contribution in [0.2, 0.25) is 0 Å². The maximum Gasteiger partial charge on any atom is 0.226 e. The molecule has 0 fully saturated rings. The van der Waals surface area contributed by atoms with Gasteiger partial charge < -0.3 is 10.6 Å². The molecule has 22 heavy (non-hydrogen) atoms. The van der Waals surface area contributed by atoms with E-state index in [-0.39, 0.29) is 5.91 Å². The van der Waals surface area contributed by atoms with E-state index in [1.165, 1.54) is 5.57 Å². The minimum atomic E-state index is 0.0162. The van der Waals surface area contributed by atoms with Crippen molar-refractivity contribution in [1.29, 1.82) is 0 Å². The molecular formula is C16H18N4OS. The molecule has 0 bridgehead atoms. The van der Waals surface area contributed by atoms with Gasteiger partial charge in [0.15, 0.2) is 0 Å². The molecule has 3 rings (SSSR count). The zero-order valence-electron chi connectivity index (χ0n) is 12.2. The van der Waals surface area contributed by atoms with Crippen molar-refractivity contribution in [3.8, 4) is 10.6 Å². The van der Waals surface area contributed by atoms with Gasteiger partial charge in [-0.2, -0.15) is 0 Å². The van der Waals surface area contributed by atoms with E-state index in [1.54, 1.807) is 23.7 Å². The number of nitrogens with one attached hydrogen (secondary N) is 2. The lowest BCUT2D eigenvalue weighted by Gasteiger charge is -2.14. The van der Waals surface area contributed by atoms with Gasteiger partial charge in [0.1, 0.15) is 5.01 Å². The number of hydrogen-bond donors (Lipinski definition) is 2. The van der Waals surface area contributed by atoms with Crippen molar-refractivity contribution in [2.24, 2.45) is 0 Å². The van der Waals surface area contributed by atoms with Crippen molar-refractivity contribution in [1.82, 2.24) is 20.6 Å². The predicted molar refractivity (Wildman–Crippen MR) is 87.6 cm³/mol. The number of pyridine rings is 1. The Morgan fingerprint density at radius 2 is 2.41 bits per heavy atom. The van der Waals surface area contributed by atoms with Crippen LogP contribution in [0.5, 0.6) is 0 Å². The van der Waals surface area contributed by atoms with Gasteiger partial charge in [-0.1, -0.05) is 11.6 Å². The van der Waals surface area contributed by atoms with Crippen LogP contribution >= 0.6 is 11.3 Å². The molecule has 0 spiro atoms. The Kier molecular flexibility index (Phi) is 4.92. The van der Waals surface area contributed by atoms with E-state index >= 15 is 0 Å². The van der Waals surface area contributed by atoms with Crippen molar-refractivity contribution in [2.75, 3.05) is 19.6 Å². The van der Waals surface area contributed by atoms with Crippen LogP contribution in [-0.2, 0) is 11.2 Å². The highest BCUT2D eigenvalue weighted by atomic mass is 32.1. The molecule has 3 heterocycles. The van der Waals surface area contributed by atoms with Crippen LogP contribution in [0.3, 0.4) is 0 Å². The summed E-state index contributed by atoms with van der Waals surface area (Å²) in [6.07, 6.45) is 6.99. The van der Waals surface area contributed by atoms with Gasteiger partial charge in [0.2, 0.25) is 5.91 Å². The van der Waals surface area contributed by atoms with E-state index in [4.69, 9.17) is 0 Å². The fraction of sp³-hybridized carbons (Fsp3) is 0.312. The van der Waals surface area contributed by atoms with E-state index < -0.39 is 0 Å². The number of hydrogen-bond acceptors (Lipinski definition) is 5. The largest absolute Gasteiger partial charge is 0.352 e. The number of rotatable bonds is 5. The van der Waals surface area contributed by atoms with Gasteiger partial charge in [-0.3, -0.25) is 9.78 Å². The van der Waals surface area contributed by atoms with Gasteiger partial charge in [-0.25, -0.2) is 4.98 Å². The molecule has 2 aromatic heterocycles. The number of carbonyl (C=O) groups is 1. The smallest absolute Gasteiger partial charge is 0.226 e. The Labute approximate surface area is 133 Å². The van der Waals surface area contributed by atoms with Crippen molar-refractivity contribution in [2.45, 2.75) is 12.8 Å². The molecule has 6 heteroatoms. The Bertz CT molecular complexity index is 666. The second-order valence-corrected chi connectivity index (χ2v) is 6.01. The Balaban J connectivity index is 1.53. The summed E-state index contributed by atoms with van der Waals surface area (Å²) in [7, 11) is 0. The van der Waals surface area contributed by atoms with Crippen molar-refractivity contribution >= 4 is 17.2 Å². The second kappa shape index (κ2) is 7.29. The predicted octanol–water partition coefficient (Wildman–Crippen LogP) is 1.78. The molecule has 114 valence electrons. The summed E-state index contributed by atoms with van der Waals surface area (Å²) in [6.45, 7) is 2.52. The molecule has 5 nitrogen and oxygen atoms in total. The molecule has 0 unspecified atom stereocenters. The van der Waals surface area contributed by atoms with Crippen LogP contribution in [0, 0.1) is 0 Å². The zero-order valence-corrected chi connectivity index (χ0v) is 13.0. The summed E-state index contributed by atoms with van der Waals surface area (Å²) in [5, 5.41) is 9.06. The Hall–Kier alpha value is -2.05. The lowest BCUT2D eigenvalue weighted by atomic mass is 10.1. The molecule has 0 aliphatic carbocycles. The maximum atomic E-state index is 12.0. The highest BCUT2D eigenvalue weighted by Crippen LogP contribution is 2.22. The first-order valence-electron chi connectivity index (χ1n) is 7.31. The first-order valence-corrected chi connectivity index (χ1v) is 8.19. The summed E-state index contributed by atoms with van der Waals surface area (Å²) >= 11 is 1.54. The minimum Gasteiger partial charge on any atom is -0.352 e. The third kappa shape index (κ3) is 3.99. The van der Waals surface area contributed by atoms with Crippen molar-refractivity contribution < 1.29 is 4.79 Å². The fourth-order valence-corrected chi connectivity index (χ4v) is 3.09. The van der Waals surface area contributed by atoms with Crippen molar-refractivity contribution in [3.05, 3.63) is 47.2 Å². The third-order valence-corrected chi connectivity index (χ3v) is 4.41. The molecule has 1 amide bonds. The molecule has 0 radical (unpaired) electrons. The molecule has 0 saturated carbocycles. The molecule has 1 aliphatic heterocycles. The summed E-state index contributed by atoms with van der Waals surface area (Å²) in [6, 6.07) is 3.86. The van der Waals surface area contributed by atoms with Crippen LogP contribution < -0.4 is 10.6 Å². The van der Waals surface area contributed by atoms with E-state index in [9.17, 15) is 4.79 Å². The number of thiazole rings is 1. The van der Waals surface area contributed by atoms with E-state index in [0.717, 1.165) is 35.8 Å². The van der Waals surface area contributed by atoms with Crippen LogP contribution in [-0.4, -0.2) is 35.5 Å². The van der Waals surface area contributed by atoms with E-state index in [1.807, 2.05) is 17.5 Å². The quantitative estimate of drug-likeness (QED) is 0.826. The molecule has 1 aliphatic rings. The lowest BCUT2D eigenvalue weighted by Crippen LogP contribution is -2.30. The van der Waals surface area contributed by atoms with Crippen molar-refractivity contribution in [3.63, 3.8) is 0 Å². The average Bonchev–Trinajstić information content (AvgIpc) is 3.03. The lowest BCUT2D eigenvalue weighted by molar-refractivity contribution is -0.120. The highest BCUT2D eigenvalue weighted by molar-refractivity contribution is 7.13. The van der Waals surface area contributed by atoms with Gasteiger partial charge in [-0.05, 0) is 25.1 Å². The minimum absolute atomic E-state index is 0.0162. The molecule has 0 saturated heterocycles. The fourth-order valence-electron chi connectivity index (χ4n) is 2.28. The van der Waals surface area contributed by atoms with Gasteiger partial charge in [0, 0.05) is 36.4 Å². The van der Waals surface area contributed by atoms with Gasteiger partial charge in [-0.15, -0.1) is 11.3 Å². The highest BCUT2D eigenvalue weighted by Gasteiger charge is 2.10. The molecule has 2 aromatic rings. The average molecular weight is 314 g/mol. The first-order chi connectivity index (χ1) is 10.8. The number of aromatic nitrogens is 2. The van der Waals surface area contributed by atoms with Gasteiger partial charge in [0.25, 0.3) is 0 Å². The number of amides is 1. The SMILES string of the molecule is O=C(Cc1csc(-c2cccnc2)n1)NCC1=CCNCC1. The molecule has 0 atom stereocenters. The second-order valence-electron chi connectivity index (χ2n) is 5.16. The van der Waals surface area contributed by atoms with E-state index in [2.05, 4.69) is 26.7 Å². The molecular weight excluding hydrogens is 296 g/mol. The topological polar surface area (TPSA) is 66.9 Å². The maximum absolute atomic E-state index is 12.0. The van der Waals surface area contributed by atoms with Gasteiger partial charge >= 0.3 is 0 Å². The van der Waals surface area contributed by atoms with Crippen LogP contribution in [0.1, 0.15) is 12.1 Å². The van der Waals surface area contributed by atoms with Crippen LogP contribution in [0.25, 0.3) is 10.6 Å². The first kappa shape index (κ1) is 14.9. The van der Waals surface area contributed by atoms with E-state index in [0.29, 0.717) is 13.0 Å². The summed E-state index contributed by atoms with van der Waals surface area (Å²) in [4.78, 5) is 20.6. The molecule has 0 aromatic carbocycles. The molecule has 2 N–H and O–H groups in total. The summed E-state index contributed by atoms with van der Waals surface area (Å²) in [5.74, 6) is 0.0162. The van der Waals surface area contributed by atoms with Gasteiger partial charge in [0.05, 0.1) is 12.1 Å². The number of carbonyl (C=O) groups excluding carboxylic acids is 1. The summed E-state index contributed by atoms with van der Waals surface area (Å²) in [5.41, 5.74) is 3.08.